The standard InChI is InChI=1S/C20H18ClF3N4O3S2/c1-32-19(26-12-25)27-14-10-16(20(22,23)24)18(17(21)11-14)13-2-4-15(5-3-13)33(29,30)28-6-8-31-9-7-28/h2-5,10-11H,6-9H2,1H3,(H-,26,27,29,30)/p+1. The summed E-state index contributed by atoms with van der Waals surface area (Å²) in [5.74, 6) is 0. The number of nitrogens with one attached hydrogen (secondary N) is 1. The van der Waals surface area contributed by atoms with Gasteiger partial charge < -0.3 is 4.74 Å². The number of hydrogen-bond donors (Lipinski definition) is 2. The first-order valence-electron chi connectivity index (χ1n) is 9.46. The number of morpholine rings is 1. The Morgan fingerprint density at radius 2 is 1.94 bits per heavy atom. The summed E-state index contributed by atoms with van der Waals surface area (Å²) in [6.45, 7) is 1.16. The molecule has 0 aromatic heterocycles. The first-order chi connectivity index (χ1) is 15.6. The van der Waals surface area contributed by atoms with Crippen LogP contribution in [-0.2, 0) is 25.5 Å². The number of nitriles is 1. The Morgan fingerprint density at radius 3 is 2.48 bits per heavy atom. The molecule has 1 atom stereocenters. The summed E-state index contributed by atoms with van der Waals surface area (Å²) < 4.78 is 71.7. The fourth-order valence-electron chi connectivity index (χ4n) is 3.21. The summed E-state index contributed by atoms with van der Waals surface area (Å²) in [7, 11) is -3.54. The molecule has 1 saturated heterocycles. The van der Waals surface area contributed by atoms with Crippen molar-refractivity contribution in [1.82, 2.24) is 9.62 Å². The second-order valence-electron chi connectivity index (χ2n) is 6.77. The lowest BCUT2D eigenvalue weighted by Gasteiger charge is -2.23. The van der Waals surface area contributed by atoms with Crippen LogP contribution in [0.25, 0.3) is 11.1 Å². The minimum atomic E-state index is -4.75. The van der Waals surface area contributed by atoms with Gasteiger partial charge in [0, 0.05) is 5.56 Å². The first kappa shape index (κ1) is 25.5. The Morgan fingerprint density at radius 1 is 1.30 bits per heavy atom. The monoisotopic (exact) mass is 519 g/mol. The van der Waals surface area contributed by atoms with Gasteiger partial charge >= 0.3 is 16.6 Å². The van der Waals surface area contributed by atoms with Crippen LogP contribution in [0, 0.1) is 11.5 Å². The van der Waals surface area contributed by atoms with Gasteiger partial charge in [-0.25, -0.2) is 4.99 Å². The largest absolute Gasteiger partial charge is 0.417 e. The molecule has 3 rings (SSSR count). The minimum Gasteiger partial charge on any atom is -0.378 e. The number of thioether (sulfide) groups is 1. The van der Waals surface area contributed by atoms with E-state index < -0.39 is 22.1 Å². The van der Waals surface area contributed by atoms with Gasteiger partial charge in [-0.1, -0.05) is 27.7 Å². The molecule has 2 N–H and O–H groups in total. The van der Waals surface area contributed by atoms with Crippen molar-refractivity contribution in [3.05, 3.63) is 47.0 Å². The van der Waals surface area contributed by atoms with E-state index in [9.17, 15) is 21.9 Å². The number of rotatable bonds is 4. The van der Waals surface area contributed by atoms with E-state index in [1.54, 1.807) is 12.4 Å². The lowest BCUT2D eigenvalue weighted by atomic mass is 9.98. The summed E-state index contributed by atoms with van der Waals surface area (Å²) in [5.41, 5.74) is -1.24. The van der Waals surface area contributed by atoms with Gasteiger partial charge in [0.2, 0.25) is 4.90 Å². The zero-order chi connectivity index (χ0) is 24.2. The molecule has 0 amide bonds. The highest BCUT2D eigenvalue weighted by Crippen LogP contribution is 2.43. The van der Waals surface area contributed by atoms with Crippen LogP contribution in [-0.4, -0.2) is 46.6 Å². The third kappa shape index (κ3) is 5.87. The van der Waals surface area contributed by atoms with Crippen LogP contribution in [0.15, 0.2) is 46.3 Å². The minimum absolute atomic E-state index is 0.0752. The van der Waals surface area contributed by atoms with Crippen LogP contribution >= 0.6 is 23.4 Å². The smallest absolute Gasteiger partial charge is 0.378 e. The third-order valence-corrected chi connectivity index (χ3v) is 7.57. The Kier molecular flexibility index (Phi) is 8.04. The van der Waals surface area contributed by atoms with Crippen molar-refractivity contribution in [2.75, 3.05) is 32.6 Å². The molecule has 0 spiro atoms. The lowest BCUT2D eigenvalue weighted by Crippen LogP contribution is -2.43. The van der Waals surface area contributed by atoms with E-state index in [-0.39, 0.29) is 45.0 Å². The Balaban J connectivity index is 2.03. The van der Waals surface area contributed by atoms with Gasteiger partial charge in [-0.3, -0.25) is 5.32 Å². The maximum absolute atomic E-state index is 13.9. The molecule has 1 heterocycles. The summed E-state index contributed by atoms with van der Waals surface area (Å²) in [6, 6.07) is 7.40. The number of benzene rings is 2. The van der Waals surface area contributed by atoms with Crippen LogP contribution < -0.4 is 5.32 Å². The molecule has 33 heavy (non-hydrogen) atoms. The molecule has 0 radical (unpaired) electrons. The van der Waals surface area contributed by atoms with E-state index in [1.165, 1.54) is 34.6 Å². The van der Waals surface area contributed by atoms with Crippen LogP contribution in [0.1, 0.15) is 5.56 Å². The quantitative estimate of drug-likeness (QED) is 0.193. The van der Waals surface area contributed by atoms with Gasteiger partial charge in [0.05, 0.1) is 42.6 Å². The average Bonchev–Trinajstić information content (AvgIpc) is 2.78. The molecule has 0 saturated carbocycles. The highest BCUT2D eigenvalue weighted by Gasteiger charge is 2.40. The van der Waals surface area contributed by atoms with Gasteiger partial charge in [0.1, 0.15) is 0 Å². The molecular weight excluding hydrogens is 501 g/mol. The van der Waals surface area contributed by atoms with Gasteiger partial charge in [0.25, 0.3) is 0 Å². The SMILES string of the molecule is CSC(=Nc1cc(Cl)c(-c2ccc([S+](=O)(O)N3CCOCC3)cc2)c(C(F)(F)F)c1)NC#N. The van der Waals surface area contributed by atoms with Crippen molar-refractivity contribution in [3.8, 4) is 17.3 Å². The van der Waals surface area contributed by atoms with Crippen LogP contribution in [0.2, 0.25) is 5.02 Å². The molecule has 0 bridgehead atoms. The van der Waals surface area contributed by atoms with E-state index in [0.29, 0.717) is 13.2 Å². The number of aliphatic imine (C=N–C) groups is 1. The van der Waals surface area contributed by atoms with Gasteiger partial charge in [-0.2, -0.15) is 23.0 Å². The summed E-state index contributed by atoms with van der Waals surface area (Å²) >= 11 is 7.29. The molecule has 1 unspecified atom stereocenters. The molecule has 0 aliphatic carbocycles. The second-order valence-corrected chi connectivity index (χ2v) is 9.95. The predicted molar refractivity (Wildman–Crippen MR) is 123 cm³/mol. The number of nitrogens with zero attached hydrogens (tertiary/aromatic N) is 3. The van der Waals surface area contributed by atoms with Crippen molar-refractivity contribution in [3.63, 3.8) is 0 Å². The molecule has 2 aromatic rings. The van der Waals surface area contributed by atoms with Gasteiger partial charge in [-0.05, 0) is 52.4 Å². The van der Waals surface area contributed by atoms with E-state index in [4.69, 9.17) is 21.6 Å². The Labute approximate surface area is 199 Å². The highest BCUT2D eigenvalue weighted by molar-refractivity contribution is 8.13. The fraction of sp³-hybridized carbons (Fsp3) is 0.300. The molecule has 1 fully saturated rings. The number of alkyl halides is 3. The van der Waals surface area contributed by atoms with Crippen LogP contribution in [0.4, 0.5) is 18.9 Å². The van der Waals surface area contributed by atoms with Crippen molar-refractivity contribution >= 4 is 44.6 Å². The predicted octanol–water partition coefficient (Wildman–Crippen LogP) is 5.03. The van der Waals surface area contributed by atoms with E-state index in [0.717, 1.165) is 17.8 Å². The van der Waals surface area contributed by atoms with E-state index >= 15 is 0 Å². The molecule has 176 valence electrons. The normalized spacial score (nSPS) is 17.3. The maximum atomic E-state index is 13.9. The molecule has 2 aromatic carbocycles. The lowest BCUT2D eigenvalue weighted by molar-refractivity contribution is -0.137. The van der Waals surface area contributed by atoms with Crippen LogP contribution in [0.5, 0.6) is 0 Å². The first-order valence-corrected chi connectivity index (χ1v) is 12.5. The van der Waals surface area contributed by atoms with Crippen molar-refractivity contribution in [2.24, 2.45) is 4.99 Å². The fourth-order valence-corrected chi connectivity index (χ4v) is 5.31. The third-order valence-electron chi connectivity index (χ3n) is 4.74. The number of amidine groups is 1. The molecule has 13 heteroatoms. The maximum Gasteiger partial charge on any atom is 0.417 e. The van der Waals surface area contributed by atoms with Crippen molar-refractivity contribution in [2.45, 2.75) is 11.1 Å². The summed E-state index contributed by atoms with van der Waals surface area (Å²) in [4.78, 5) is 4.08. The molecule has 1 aliphatic heterocycles. The number of hydrogen-bond acceptors (Lipinski definition) is 5. The topological polar surface area (TPSA) is 97.9 Å². The van der Waals surface area contributed by atoms with Crippen molar-refractivity contribution in [1.29, 1.82) is 5.26 Å². The Bertz CT molecular complexity index is 1130. The second kappa shape index (κ2) is 10.4. The molecule has 1 aliphatic rings. The zero-order valence-electron chi connectivity index (χ0n) is 17.2. The number of halogens is 4. The summed E-state index contributed by atoms with van der Waals surface area (Å²) in [5, 5.41) is 10.9. The van der Waals surface area contributed by atoms with Gasteiger partial charge in [0.15, 0.2) is 11.4 Å². The van der Waals surface area contributed by atoms with E-state index in [1.807, 2.05) is 0 Å². The molecule has 7 nitrogen and oxygen atoms in total. The Hall–Kier alpha value is -2.14. The highest BCUT2D eigenvalue weighted by atomic mass is 35.5. The van der Waals surface area contributed by atoms with Crippen LogP contribution in [0.3, 0.4) is 0 Å². The molecular formula is C20H19ClF3N4O3S2+. The zero-order valence-corrected chi connectivity index (χ0v) is 19.6. The van der Waals surface area contributed by atoms with Gasteiger partial charge in [-0.15, -0.1) is 0 Å². The average molecular weight is 520 g/mol. The van der Waals surface area contributed by atoms with Crippen molar-refractivity contribution < 1.29 is 26.7 Å². The summed E-state index contributed by atoms with van der Waals surface area (Å²) in [6.07, 6.45) is -1.47. The number of ether oxygens (including phenoxy) is 1. The van der Waals surface area contributed by atoms with E-state index in [2.05, 4.69) is 10.3 Å².